The Kier molecular flexibility index (Phi) is 4.45. The van der Waals surface area contributed by atoms with Crippen molar-refractivity contribution in [3.8, 4) is 0 Å². The van der Waals surface area contributed by atoms with Gasteiger partial charge in [-0.15, -0.1) is 12.4 Å². The largest absolute Gasteiger partial charge is 0.479 e. The Morgan fingerprint density at radius 1 is 1.26 bits per heavy atom. The Morgan fingerprint density at radius 3 is 2.53 bits per heavy atom. The lowest BCUT2D eigenvalue weighted by Crippen LogP contribution is -2.49. The van der Waals surface area contributed by atoms with Crippen LogP contribution in [-0.2, 0) is 9.53 Å². The summed E-state index contributed by atoms with van der Waals surface area (Å²) in [4.78, 5) is 13.7. The van der Waals surface area contributed by atoms with Crippen molar-refractivity contribution >= 4 is 18.4 Å². The van der Waals surface area contributed by atoms with Crippen LogP contribution in [0.2, 0.25) is 0 Å². The Bertz CT molecular complexity index is 436. The monoisotopic (exact) mass is 283 g/mol. The number of carboxylic acid groups (broad SMARTS) is 1. The highest BCUT2D eigenvalue weighted by atomic mass is 35.5. The lowest BCUT2D eigenvalue weighted by atomic mass is 9.98. The molecule has 1 saturated heterocycles. The number of nitrogens with zero attached hydrogens (tertiary/aromatic N) is 1. The minimum absolute atomic E-state index is 0. The van der Waals surface area contributed by atoms with Gasteiger partial charge in [0.15, 0.2) is 6.10 Å². The van der Waals surface area contributed by atoms with E-state index in [4.69, 9.17) is 4.74 Å². The van der Waals surface area contributed by atoms with E-state index in [1.54, 1.807) is 0 Å². The summed E-state index contributed by atoms with van der Waals surface area (Å²) in [5.74, 6) is -0.866. The van der Waals surface area contributed by atoms with Crippen LogP contribution >= 0.6 is 12.4 Å². The molecule has 0 aromatic heterocycles. The normalized spacial score (nSPS) is 27.6. The first-order chi connectivity index (χ1) is 8.77. The van der Waals surface area contributed by atoms with E-state index in [2.05, 4.69) is 4.90 Å². The highest BCUT2D eigenvalue weighted by molar-refractivity contribution is 5.85. The Balaban J connectivity index is 0.00000133. The molecule has 104 valence electrons. The molecule has 4 nitrogen and oxygen atoms in total. The third kappa shape index (κ3) is 2.91. The van der Waals surface area contributed by atoms with Gasteiger partial charge in [-0.25, -0.2) is 4.79 Å². The second-order valence-corrected chi connectivity index (χ2v) is 4.95. The quantitative estimate of drug-likeness (QED) is 0.923. The van der Waals surface area contributed by atoms with Crippen LogP contribution in [0.3, 0.4) is 0 Å². The minimum atomic E-state index is -0.866. The van der Waals surface area contributed by atoms with E-state index >= 15 is 0 Å². The lowest BCUT2D eigenvalue weighted by Gasteiger charge is -2.39. The molecular formula is C14H18ClNO3. The Labute approximate surface area is 118 Å². The fraction of sp³-hybridized carbons (Fsp3) is 0.500. The van der Waals surface area contributed by atoms with Gasteiger partial charge < -0.3 is 9.84 Å². The van der Waals surface area contributed by atoms with Crippen LogP contribution in [0.15, 0.2) is 30.3 Å². The highest BCUT2D eigenvalue weighted by Gasteiger charge is 2.43. The molecule has 0 spiro atoms. The van der Waals surface area contributed by atoms with Gasteiger partial charge >= 0.3 is 5.97 Å². The van der Waals surface area contributed by atoms with Crippen molar-refractivity contribution in [2.45, 2.75) is 31.0 Å². The van der Waals surface area contributed by atoms with Crippen LogP contribution in [0.5, 0.6) is 0 Å². The average molecular weight is 284 g/mol. The van der Waals surface area contributed by atoms with E-state index in [1.807, 2.05) is 30.3 Å². The molecule has 1 N–H and O–H groups in total. The molecule has 3 rings (SSSR count). The topological polar surface area (TPSA) is 49.8 Å². The first-order valence-electron chi connectivity index (χ1n) is 6.42. The lowest BCUT2D eigenvalue weighted by molar-refractivity contribution is -0.163. The standard InChI is InChI=1S/C14H17NO3.ClH/c16-14(17)13-12(10-4-2-1-3-5-10)15(8-9-18-13)11-6-7-11;/h1-5,11-13H,6-9H2,(H,16,17);1H. The summed E-state index contributed by atoms with van der Waals surface area (Å²) in [5.41, 5.74) is 1.04. The number of ether oxygens (including phenoxy) is 1. The van der Waals surface area contributed by atoms with Crippen LogP contribution in [0.25, 0.3) is 0 Å². The van der Waals surface area contributed by atoms with Crippen LogP contribution in [0.4, 0.5) is 0 Å². The molecular weight excluding hydrogens is 266 g/mol. The Hall–Kier alpha value is -1.10. The molecule has 2 aliphatic rings. The van der Waals surface area contributed by atoms with Crippen LogP contribution < -0.4 is 0 Å². The number of carbonyl (C=O) groups is 1. The minimum Gasteiger partial charge on any atom is -0.479 e. The molecule has 0 bridgehead atoms. The van der Waals surface area contributed by atoms with Gasteiger partial charge in [-0.05, 0) is 18.4 Å². The number of rotatable bonds is 3. The maximum atomic E-state index is 11.4. The number of halogens is 1. The number of morpholine rings is 1. The molecule has 1 aliphatic carbocycles. The molecule has 0 amide bonds. The SMILES string of the molecule is Cl.O=C(O)C1OCCN(C2CC2)C1c1ccccc1. The van der Waals surface area contributed by atoms with E-state index in [0.29, 0.717) is 12.6 Å². The summed E-state index contributed by atoms with van der Waals surface area (Å²) in [5, 5.41) is 9.34. The first kappa shape index (κ1) is 14.3. The molecule has 5 heteroatoms. The number of benzene rings is 1. The molecule has 1 aromatic carbocycles. The highest BCUT2D eigenvalue weighted by Crippen LogP contribution is 2.38. The number of carboxylic acids is 1. The number of hydrogen-bond donors (Lipinski definition) is 1. The van der Waals surface area contributed by atoms with E-state index in [9.17, 15) is 9.90 Å². The second-order valence-electron chi connectivity index (χ2n) is 4.95. The zero-order valence-corrected chi connectivity index (χ0v) is 11.4. The molecule has 1 saturated carbocycles. The Morgan fingerprint density at radius 2 is 1.95 bits per heavy atom. The molecule has 19 heavy (non-hydrogen) atoms. The maximum absolute atomic E-state index is 11.4. The summed E-state index contributed by atoms with van der Waals surface area (Å²) >= 11 is 0. The zero-order valence-electron chi connectivity index (χ0n) is 10.6. The van der Waals surface area contributed by atoms with Gasteiger partial charge in [0, 0.05) is 12.6 Å². The fourth-order valence-electron chi connectivity index (χ4n) is 2.73. The maximum Gasteiger partial charge on any atom is 0.334 e. The van der Waals surface area contributed by atoms with E-state index in [-0.39, 0.29) is 18.4 Å². The molecule has 2 fully saturated rings. The second kappa shape index (κ2) is 5.90. The number of aliphatic carboxylic acids is 1. The van der Waals surface area contributed by atoms with Crippen molar-refractivity contribution in [1.29, 1.82) is 0 Å². The van der Waals surface area contributed by atoms with Crippen molar-refractivity contribution < 1.29 is 14.6 Å². The molecule has 1 aromatic rings. The molecule has 1 heterocycles. The third-order valence-corrected chi connectivity index (χ3v) is 3.69. The van der Waals surface area contributed by atoms with Gasteiger partial charge in [0.05, 0.1) is 12.6 Å². The van der Waals surface area contributed by atoms with Gasteiger partial charge in [0.1, 0.15) is 0 Å². The summed E-state index contributed by atoms with van der Waals surface area (Å²) in [7, 11) is 0. The van der Waals surface area contributed by atoms with Crippen molar-refractivity contribution in [3.05, 3.63) is 35.9 Å². The van der Waals surface area contributed by atoms with Gasteiger partial charge in [-0.2, -0.15) is 0 Å². The predicted molar refractivity (Wildman–Crippen MR) is 73.5 cm³/mol. The molecule has 0 radical (unpaired) electrons. The van der Waals surface area contributed by atoms with Crippen molar-refractivity contribution in [2.75, 3.05) is 13.2 Å². The van der Waals surface area contributed by atoms with Crippen molar-refractivity contribution in [3.63, 3.8) is 0 Å². The zero-order chi connectivity index (χ0) is 12.5. The van der Waals surface area contributed by atoms with Crippen molar-refractivity contribution in [1.82, 2.24) is 4.90 Å². The molecule has 1 aliphatic heterocycles. The van der Waals surface area contributed by atoms with Crippen LogP contribution in [-0.4, -0.2) is 41.3 Å². The summed E-state index contributed by atoms with van der Waals surface area (Å²) in [6.45, 7) is 1.34. The smallest absolute Gasteiger partial charge is 0.334 e. The van der Waals surface area contributed by atoms with E-state index < -0.39 is 12.1 Å². The van der Waals surface area contributed by atoms with Crippen LogP contribution in [0, 0.1) is 0 Å². The fourth-order valence-corrected chi connectivity index (χ4v) is 2.73. The first-order valence-corrected chi connectivity index (χ1v) is 6.42. The summed E-state index contributed by atoms with van der Waals surface area (Å²) in [6.07, 6.45) is 1.60. The van der Waals surface area contributed by atoms with Gasteiger partial charge in [0.25, 0.3) is 0 Å². The van der Waals surface area contributed by atoms with Gasteiger partial charge in [-0.1, -0.05) is 30.3 Å². The summed E-state index contributed by atoms with van der Waals surface area (Å²) in [6, 6.07) is 10.2. The van der Waals surface area contributed by atoms with Crippen molar-refractivity contribution in [2.24, 2.45) is 0 Å². The molecule has 2 unspecified atom stereocenters. The number of hydrogen-bond acceptors (Lipinski definition) is 3. The van der Waals surface area contributed by atoms with E-state index in [0.717, 1.165) is 12.1 Å². The average Bonchev–Trinajstić information content (AvgIpc) is 3.23. The van der Waals surface area contributed by atoms with E-state index in [1.165, 1.54) is 12.8 Å². The third-order valence-electron chi connectivity index (χ3n) is 3.69. The summed E-state index contributed by atoms with van der Waals surface area (Å²) < 4.78 is 5.47. The van der Waals surface area contributed by atoms with Gasteiger partial charge in [0.2, 0.25) is 0 Å². The predicted octanol–water partition coefficient (Wildman–Crippen LogP) is 2.10. The van der Waals surface area contributed by atoms with Crippen LogP contribution in [0.1, 0.15) is 24.4 Å². The molecule has 2 atom stereocenters. The van der Waals surface area contributed by atoms with Gasteiger partial charge in [-0.3, -0.25) is 4.90 Å².